The van der Waals surface area contributed by atoms with Crippen molar-refractivity contribution in [3.8, 4) is 0 Å². The normalized spacial score (nSPS) is 16.2. The van der Waals surface area contributed by atoms with E-state index in [1.165, 1.54) is 0 Å². The molecule has 0 amide bonds. The van der Waals surface area contributed by atoms with E-state index in [0.717, 1.165) is 49.7 Å². The maximum atomic E-state index is 13.3. The van der Waals surface area contributed by atoms with Gasteiger partial charge in [-0.15, -0.1) is 0 Å². The van der Waals surface area contributed by atoms with E-state index in [1.807, 2.05) is 36.4 Å². The summed E-state index contributed by atoms with van der Waals surface area (Å²) in [5.41, 5.74) is 6.14. The number of ketones is 1. The van der Waals surface area contributed by atoms with Crippen LogP contribution in [0.4, 0.5) is 0 Å². The van der Waals surface area contributed by atoms with Gasteiger partial charge in [0.1, 0.15) is 0 Å². The van der Waals surface area contributed by atoms with E-state index < -0.39 is 0 Å². The summed E-state index contributed by atoms with van der Waals surface area (Å²) in [6.07, 6.45) is 4.12. The van der Waals surface area contributed by atoms with Gasteiger partial charge in [0.05, 0.1) is 11.4 Å². The third-order valence-electron chi connectivity index (χ3n) is 6.94. The highest BCUT2D eigenvalue weighted by Crippen LogP contribution is 2.38. The summed E-state index contributed by atoms with van der Waals surface area (Å²) < 4.78 is 0. The predicted octanol–water partition coefficient (Wildman–Crippen LogP) is 6.42. The highest BCUT2D eigenvalue weighted by atomic mass is 16.1. The van der Waals surface area contributed by atoms with E-state index >= 15 is 0 Å². The Kier molecular flexibility index (Phi) is 6.48. The highest BCUT2D eigenvalue weighted by molar-refractivity contribution is 6.56. The van der Waals surface area contributed by atoms with Crippen molar-refractivity contribution in [2.75, 3.05) is 0 Å². The fourth-order valence-corrected chi connectivity index (χ4v) is 4.79. The highest BCUT2D eigenvalue weighted by Gasteiger charge is 2.34. The van der Waals surface area contributed by atoms with Gasteiger partial charge in [0.15, 0.2) is 11.6 Å². The summed E-state index contributed by atoms with van der Waals surface area (Å²) in [6, 6.07) is 28.8. The lowest BCUT2D eigenvalue weighted by molar-refractivity contribution is -0.114. The van der Waals surface area contributed by atoms with E-state index in [1.54, 1.807) is 0 Å². The molecule has 0 unspecified atom stereocenters. The van der Waals surface area contributed by atoms with Crippen molar-refractivity contribution in [3.63, 3.8) is 0 Å². The second-order valence-electron chi connectivity index (χ2n) is 12.0. The Morgan fingerprint density at radius 2 is 0.921 bits per heavy atom. The molecule has 3 nitrogen and oxygen atoms in total. The molecule has 3 aromatic carbocycles. The van der Waals surface area contributed by atoms with Crippen molar-refractivity contribution in [2.45, 2.75) is 41.5 Å². The number of aliphatic imine (C=N–C) groups is 2. The van der Waals surface area contributed by atoms with E-state index in [9.17, 15) is 4.79 Å². The van der Waals surface area contributed by atoms with Gasteiger partial charge in [0.25, 0.3) is 0 Å². The number of carbonyl (C=O) groups excluding carboxylic acids is 1. The van der Waals surface area contributed by atoms with Crippen LogP contribution in [0.5, 0.6) is 0 Å². The summed E-state index contributed by atoms with van der Waals surface area (Å²) in [4.78, 5) is 23.3. The van der Waals surface area contributed by atoms with Crippen molar-refractivity contribution in [3.05, 3.63) is 130 Å². The van der Waals surface area contributed by atoms with Crippen molar-refractivity contribution < 1.29 is 4.79 Å². The van der Waals surface area contributed by atoms with Crippen molar-refractivity contribution in [1.29, 1.82) is 0 Å². The topological polar surface area (TPSA) is 41.8 Å². The minimum Gasteiger partial charge on any atom is -0.289 e. The molecule has 5 rings (SSSR count). The van der Waals surface area contributed by atoms with Crippen LogP contribution in [-0.4, -0.2) is 17.2 Å². The molecular formula is C35H34N2O. The van der Waals surface area contributed by atoms with Gasteiger partial charge in [-0.25, -0.2) is 9.98 Å². The first kappa shape index (κ1) is 25.5. The first-order valence-electron chi connectivity index (χ1n) is 13.1. The Hall–Kier alpha value is -4.11. The predicted molar refractivity (Wildman–Crippen MR) is 159 cm³/mol. The number of allylic oxidation sites excluding steroid dienone is 4. The van der Waals surface area contributed by atoms with Gasteiger partial charge in [-0.3, -0.25) is 4.79 Å². The van der Waals surface area contributed by atoms with Gasteiger partial charge in [-0.05, 0) is 33.8 Å². The van der Waals surface area contributed by atoms with Gasteiger partial charge in [-0.2, -0.15) is 0 Å². The Bertz CT molecular complexity index is 1540. The number of carbonyl (C=O) groups is 1. The quantitative estimate of drug-likeness (QED) is 0.402. The summed E-state index contributed by atoms with van der Waals surface area (Å²) in [5, 5.41) is 2.03. The number of rotatable bonds is 2. The standard InChI is InChI=1S/C35H34N2O/c1-34(2,3)28-21-27(22-29(32(28)38)35(4,5)6)23-17-19-26(20-18-23)33-36-30(24-13-9-7-10-14-24)31(37-33)25-15-11-8-12-16-25/h7-22H,1-6H3. The number of Topliss-reactive ketones (excluding diaryl/α,β-unsaturated/α-hetero) is 1. The largest absolute Gasteiger partial charge is 0.289 e. The number of benzene rings is 3. The third-order valence-corrected chi connectivity index (χ3v) is 6.94. The van der Waals surface area contributed by atoms with Gasteiger partial charge in [0, 0.05) is 27.5 Å². The Labute approximate surface area is 225 Å². The lowest BCUT2D eigenvalue weighted by atomic mass is 9.71. The lowest BCUT2D eigenvalue weighted by Gasteiger charge is -2.31. The summed E-state index contributed by atoms with van der Waals surface area (Å²) in [6.45, 7) is 12.6. The molecule has 1 aliphatic carbocycles. The molecule has 1 heterocycles. The molecule has 190 valence electrons. The van der Waals surface area contributed by atoms with Gasteiger partial charge >= 0.3 is 0 Å². The van der Waals surface area contributed by atoms with Crippen molar-refractivity contribution in [1.82, 2.24) is 0 Å². The molecule has 0 N–H and O–H groups in total. The first-order chi connectivity index (χ1) is 18.0. The van der Waals surface area contributed by atoms with Crippen LogP contribution in [0.2, 0.25) is 0 Å². The Morgan fingerprint density at radius 3 is 1.32 bits per heavy atom. The first-order valence-corrected chi connectivity index (χ1v) is 13.1. The fourth-order valence-electron chi connectivity index (χ4n) is 4.79. The van der Waals surface area contributed by atoms with E-state index in [-0.39, 0.29) is 16.6 Å². The third kappa shape index (κ3) is 5.02. The molecule has 0 saturated heterocycles. The average Bonchev–Trinajstić information content (AvgIpc) is 3.34. The number of hydrogen-bond acceptors (Lipinski definition) is 3. The SMILES string of the molecule is CC(C)(C)C1=CC(=c2ccc(=C3N=C(c4ccccc4)C(c4ccccc4)=N3)cc2)C=C(C(C)(C)C)C1=O. The summed E-state index contributed by atoms with van der Waals surface area (Å²) in [7, 11) is 0. The van der Waals surface area contributed by atoms with Crippen LogP contribution in [0, 0.1) is 10.8 Å². The number of hydrogen-bond donors (Lipinski definition) is 0. The van der Waals surface area contributed by atoms with E-state index in [0.29, 0.717) is 5.82 Å². The molecule has 2 aliphatic rings. The number of nitrogens with zero attached hydrogens (tertiary/aromatic N) is 2. The second kappa shape index (κ2) is 9.64. The molecule has 0 aromatic heterocycles. The van der Waals surface area contributed by atoms with Crippen LogP contribution < -0.4 is 10.4 Å². The van der Waals surface area contributed by atoms with Gasteiger partial charge < -0.3 is 0 Å². The molecule has 0 saturated carbocycles. The van der Waals surface area contributed by atoms with Crippen LogP contribution >= 0.6 is 0 Å². The van der Waals surface area contributed by atoms with Crippen LogP contribution in [0.1, 0.15) is 52.7 Å². The lowest BCUT2D eigenvalue weighted by Crippen LogP contribution is -2.28. The zero-order valence-corrected chi connectivity index (χ0v) is 23.0. The Morgan fingerprint density at radius 1 is 0.526 bits per heavy atom. The molecule has 38 heavy (non-hydrogen) atoms. The fraction of sp³-hybridized carbons (Fsp3) is 0.229. The smallest absolute Gasteiger partial charge is 0.186 e. The molecular weight excluding hydrogens is 464 g/mol. The molecule has 0 radical (unpaired) electrons. The van der Waals surface area contributed by atoms with E-state index in [4.69, 9.17) is 9.98 Å². The molecule has 0 fully saturated rings. The minimum atomic E-state index is -0.238. The maximum absolute atomic E-state index is 13.3. The molecule has 1 aliphatic heterocycles. The summed E-state index contributed by atoms with van der Waals surface area (Å²) >= 11 is 0. The van der Waals surface area contributed by atoms with Crippen LogP contribution in [0.25, 0.3) is 11.4 Å². The van der Waals surface area contributed by atoms with Gasteiger partial charge in [-0.1, -0.05) is 126 Å². The Balaban J connectivity index is 1.67. The molecule has 3 heteroatoms. The van der Waals surface area contributed by atoms with Crippen LogP contribution in [-0.2, 0) is 4.79 Å². The average molecular weight is 499 g/mol. The zero-order valence-electron chi connectivity index (χ0n) is 23.0. The maximum Gasteiger partial charge on any atom is 0.186 e. The zero-order chi connectivity index (χ0) is 27.1. The molecule has 0 atom stereocenters. The van der Waals surface area contributed by atoms with Crippen molar-refractivity contribution in [2.24, 2.45) is 20.8 Å². The van der Waals surface area contributed by atoms with Gasteiger partial charge in [0.2, 0.25) is 0 Å². The monoisotopic (exact) mass is 498 g/mol. The summed E-state index contributed by atoms with van der Waals surface area (Å²) in [5.74, 6) is 0.854. The van der Waals surface area contributed by atoms with Crippen LogP contribution in [0.15, 0.2) is 118 Å². The van der Waals surface area contributed by atoms with E-state index in [2.05, 4.69) is 102 Å². The van der Waals surface area contributed by atoms with Crippen LogP contribution in [0.3, 0.4) is 0 Å². The van der Waals surface area contributed by atoms with Crippen molar-refractivity contribution >= 4 is 28.6 Å². The molecule has 0 bridgehead atoms. The second-order valence-corrected chi connectivity index (χ2v) is 12.0. The minimum absolute atomic E-state index is 0.150. The molecule has 3 aromatic rings. The molecule has 0 spiro atoms.